The van der Waals surface area contributed by atoms with Crippen molar-refractivity contribution in [3.05, 3.63) is 53.3 Å². The Kier molecular flexibility index (Phi) is 5.45. The molecule has 0 bridgehead atoms. The second kappa shape index (κ2) is 8.36. The van der Waals surface area contributed by atoms with E-state index in [2.05, 4.69) is 30.6 Å². The molecule has 158 valence electrons. The van der Waals surface area contributed by atoms with E-state index in [-0.39, 0.29) is 16.5 Å². The highest BCUT2D eigenvalue weighted by atomic mass is 32.1. The summed E-state index contributed by atoms with van der Waals surface area (Å²) in [5.74, 6) is -1.31. The Bertz CT molecular complexity index is 1260. The van der Waals surface area contributed by atoms with Crippen LogP contribution < -0.4 is 10.6 Å². The molecule has 0 aliphatic carbocycles. The van der Waals surface area contributed by atoms with Crippen LogP contribution in [0.2, 0.25) is 0 Å². The Morgan fingerprint density at radius 3 is 2.84 bits per heavy atom. The number of hydrogen-bond acceptors (Lipinski definition) is 9. The summed E-state index contributed by atoms with van der Waals surface area (Å²) in [5, 5.41) is 5.70. The van der Waals surface area contributed by atoms with E-state index < -0.39 is 23.9 Å². The molecule has 3 N–H and O–H groups in total. The number of amides is 2. The van der Waals surface area contributed by atoms with Gasteiger partial charge in [0.2, 0.25) is 0 Å². The lowest BCUT2D eigenvalue weighted by molar-refractivity contribution is -0.123. The monoisotopic (exact) mass is 440 g/mol. The predicted octanol–water partition coefficient (Wildman–Crippen LogP) is 2.75. The van der Waals surface area contributed by atoms with Gasteiger partial charge in [0, 0.05) is 0 Å². The first-order chi connectivity index (χ1) is 14.9. The van der Waals surface area contributed by atoms with Gasteiger partial charge in [-0.05, 0) is 37.6 Å². The lowest BCUT2D eigenvalue weighted by Crippen LogP contribution is -2.30. The molecule has 4 rings (SSSR count). The Morgan fingerprint density at radius 1 is 1.23 bits per heavy atom. The number of rotatable bonds is 6. The summed E-state index contributed by atoms with van der Waals surface area (Å²) in [6, 6.07) is 4.77. The van der Waals surface area contributed by atoms with Crippen molar-refractivity contribution in [2.24, 2.45) is 0 Å². The molecule has 0 aliphatic rings. The van der Waals surface area contributed by atoms with E-state index in [0.717, 1.165) is 11.3 Å². The fourth-order valence-electron chi connectivity index (χ4n) is 2.67. The third-order valence-electron chi connectivity index (χ3n) is 4.20. The van der Waals surface area contributed by atoms with Gasteiger partial charge in [-0.2, -0.15) is 0 Å². The number of nitrogens with one attached hydrogen (secondary N) is 3. The molecule has 2 amide bonds. The standard InChI is InChI=1S/C19H16N6O5S/c1-9-6-12(24-18(27)11-4-3-5-29-11)31-14(9)19(28)30-10(2)17(26)25-16-13-15(21-7-20-13)22-8-23-16/h3-8,10H,1-2H3,(H,24,27)(H2,20,21,22,23,25,26). The number of esters is 1. The van der Waals surface area contributed by atoms with Crippen molar-refractivity contribution in [1.82, 2.24) is 19.9 Å². The number of ether oxygens (including phenoxy) is 1. The molecule has 1 atom stereocenters. The normalized spacial score (nSPS) is 11.8. The largest absolute Gasteiger partial charge is 0.459 e. The predicted molar refractivity (Wildman–Crippen MR) is 111 cm³/mol. The molecule has 1 unspecified atom stereocenters. The SMILES string of the molecule is Cc1cc(NC(=O)c2ccco2)sc1C(=O)OC(C)C(=O)Nc1ncnc2nc[nH]c12. The number of hydrogen-bond donors (Lipinski definition) is 3. The summed E-state index contributed by atoms with van der Waals surface area (Å²) in [4.78, 5) is 52.2. The van der Waals surface area contributed by atoms with Crippen LogP contribution in [0.25, 0.3) is 11.2 Å². The second-order valence-corrected chi connectivity index (χ2v) is 7.47. The topological polar surface area (TPSA) is 152 Å². The van der Waals surface area contributed by atoms with Gasteiger partial charge in [-0.1, -0.05) is 0 Å². The summed E-state index contributed by atoms with van der Waals surface area (Å²) in [7, 11) is 0. The molecule has 4 aromatic rings. The number of thiophene rings is 1. The molecule has 4 aromatic heterocycles. The van der Waals surface area contributed by atoms with E-state index in [1.165, 1.54) is 31.9 Å². The summed E-state index contributed by atoms with van der Waals surface area (Å²) < 4.78 is 10.3. The van der Waals surface area contributed by atoms with E-state index in [1.807, 2.05) is 0 Å². The average molecular weight is 440 g/mol. The molecule has 4 heterocycles. The molecule has 11 nitrogen and oxygen atoms in total. The fourth-order valence-corrected chi connectivity index (χ4v) is 3.62. The number of carbonyl (C=O) groups excluding carboxylic acids is 3. The summed E-state index contributed by atoms with van der Waals surface area (Å²) in [6.07, 6.45) is 2.99. The van der Waals surface area contributed by atoms with E-state index in [9.17, 15) is 14.4 Å². The van der Waals surface area contributed by atoms with Crippen molar-refractivity contribution in [2.45, 2.75) is 20.0 Å². The molecule has 0 aliphatic heterocycles. The van der Waals surface area contributed by atoms with Crippen molar-refractivity contribution in [3.63, 3.8) is 0 Å². The van der Waals surface area contributed by atoms with Gasteiger partial charge in [-0.25, -0.2) is 19.7 Å². The average Bonchev–Trinajstić information content (AvgIpc) is 3.49. The Labute approximate surface area is 178 Å². The van der Waals surface area contributed by atoms with Gasteiger partial charge in [-0.15, -0.1) is 11.3 Å². The van der Waals surface area contributed by atoms with E-state index in [4.69, 9.17) is 9.15 Å². The number of aryl methyl sites for hydroxylation is 1. The Hall–Kier alpha value is -4.06. The minimum absolute atomic E-state index is 0.150. The highest BCUT2D eigenvalue weighted by Gasteiger charge is 2.24. The second-order valence-electron chi connectivity index (χ2n) is 6.41. The molecular formula is C19H16N6O5S. The molecule has 12 heteroatoms. The smallest absolute Gasteiger partial charge is 0.349 e. The van der Waals surface area contributed by atoms with Gasteiger partial charge >= 0.3 is 5.97 Å². The minimum atomic E-state index is -1.09. The van der Waals surface area contributed by atoms with E-state index in [1.54, 1.807) is 19.1 Å². The number of anilines is 2. The van der Waals surface area contributed by atoms with Crippen molar-refractivity contribution in [2.75, 3.05) is 10.6 Å². The third-order valence-corrected chi connectivity index (χ3v) is 5.34. The molecule has 0 radical (unpaired) electrons. The van der Waals surface area contributed by atoms with Crippen LogP contribution in [0.3, 0.4) is 0 Å². The number of aromatic nitrogens is 4. The number of fused-ring (bicyclic) bond motifs is 1. The van der Waals surface area contributed by atoms with Gasteiger partial charge in [0.15, 0.2) is 23.3 Å². The fraction of sp³-hybridized carbons (Fsp3) is 0.158. The van der Waals surface area contributed by atoms with E-state index >= 15 is 0 Å². The summed E-state index contributed by atoms with van der Waals surface area (Å²) in [6.45, 7) is 3.15. The van der Waals surface area contributed by atoms with Crippen LogP contribution in [0, 0.1) is 6.92 Å². The lowest BCUT2D eigenvalue weighted by Gasteiger charge is -2.13. The zero-order chi connectivity index (χ0) is 22.0. The number of nitrogens with zero attached hydrogens (tertiary/aromatic N) is 3. The van der Waals surface area contributed by atoms with Gasteiger partial charge < -0.3 is 24.8 Å². The molecule has 0 aromatic carbocycles. The molecule has 0 saturated carbocycles. The molecule has 0 saturated heterocycles. The number of imidazole rings is 1. The summed E-state index contributed by atoms with van der Waals surface area (Å²) in [5.41, 5.74) is 1.46. The van der Waals surface area contributed by atoms with Gasteiger partial charge in [0.1, 0.15) is 16.7 Å². The first-order valence-electron chi connectivity index (χ1n) is 9.03. The van der Waals surface area contributed by atoms with Crippen LogP contribution in [0.15, 0.2) is 41.5 Å². The Balaban J connectivity index is 1.40. The highest BCUT2D eigenvalue weighted by molar-refractivity contribution is 7.18. The lowest BCUT2D eigenvalue weighted by atomic mass is 10.3. The van der Waals surface area contributed by atoms with E-state index in [0.29, 0.717) is 21.7 Å². The third kappa shape index (κ3) is 4.28. The molecular weight excluding hydrogens is 424 g/mol. The van der Waals surface area contributed by atoms with Gasteiger partial charge in [0.05, 0.1) is 17.6 Å². The van der Waals surface area contributed by atoms with Crippen LogP contribution in [0.1, 0.15) is 32.7 Å². The molecule has 31 heavy (non-hydrogen) atoms. The first kappa shape index (κ1) is 20.2. The van der Waals surface area contributed by atoms with Gasteiger partial charge in [0.25, 0.3) is 11.8 Å². The van der Waals surface area contributed by atoms with Crippen LogP contribution >= 0.6 is 11.3 Å². The number of furan rings is 1. The highest BCUT2D eigenvalue weighted by Crippen LogP contribution is 2.28. The maximum absolute atomic E-state index is 12.6. The maximum Gasteiger partial charge on any atom is 0.349 e. The molecule has 0 fully saturated rings. The quantitative estimate of drug-likeness (QED) is 0.387. The zero-order valence-corrected chi connectivity index (χ0v) is 17.1. The molecule has 0 spiro atoms. The zero-order valence-electron chi connectivity index (χ0n) is 16.3. The van der Waals surface area contributed by atoms with Crippen molar-refractivity contribution in [1.29, 1.82) is 0 Å². The van der Waals surface area contributed by atoms with Crippen LogP contribution in [0.4, 0.5) is 10.8 Å². The van der Waals surface area contributed by atoms with Crippen molar-refractivity contribution in [3.8, 4) is 0 Å². The first-order valence-corrected chi connectivity index (χ1v) is 9.85. The van der Waals surface area contributed by atoms with Crippen molar-refractivity contribution < 1.29 is 23.5 Å². The van der Waals surface area contributed by atoms with Crippen molar-refractivity contribution >= 4 is 51.1 Å². The minimum Gasteiger partial charge on any atom is -0.459 e. The number of H-pyrrole nitrogens is 1. The van der Waals surface area contributed by atoms with Crippen LogP contribution in [-0.2, 0) is 9.53 Å². The number of carbonyl (C=O) groups is 3. The summed E-state index contributed by atoms with van der Waals surface area (Å²) >= 11 is 1.04. The maximum atomic E-state index is 12.6. The van der Waals surface area contributed by atoms with Crippen LogP contribution in [0.5, 0.6) is 0 Å². The number of aromatic amines is 1. The van der Waals surface area contributed by atoms with Gasteiger partial charge in [-0.3, -0.25) is 9.59 Å². The Morgan fingerprint density at radius 2 is 2.06 bits per heavy atom. The van der Waals surface area contributed by atoms with Crippen LogP contribution in [-0.4, -0.2) is 43.8 Å².